The third-order valence-electron chi connectivity index (χ3n) is 1.87. The summed E-state index contributed by atoms with van der Waals surface area (Å²) in [7, 11) is 2.98. The summed E-state index contributed by atoms with van der Waals surface area (Å²) in [5.74, 6) is 0.979. The molecule has 0 aliphatic rings. The molecule has 0 heterocycles. The fraction of sp³-hybridized carbons (Fsp3) is 0.333. The van der Waals surface area contributed by atoms with Crippen LogP contribution >= 0.6 is 0 Å². The third kappa shape index (κ3) is 2.07. The van der Waals surface area contributed by atoms with E-state index in [4.69, 9.17) is 14.7 Å². The summed E-state index contributed by atoms with van der Waals surface area (Å²) in [4.78, 5) is 0. The molecular weight excluding hydrogens is 186 g/mol. The van der Waals surface area contributed by atoms with Crippen molar-refractivity contribution in [3.63, 3.8) is 0 Å². The van der Waals surface area contributed by atoms with Gasteiger partial charge in [-0.05, 0) is 0 Å². The van der Waals surface area contributed by atoms with Crippen molar-refractivity contribution in [3.05, 3.63) is 17.7 Å². The summed E-state index contributed by atoms with van der Waals surface area (Å²) >= 11 is 0. The number of benzene rings is 1. The van der Waals surface area contributed by atoms with Crippen molar-refractivity contribution < 1.29 is 19.8 Å². The number of phenolic OH excluding ortho intramolecular Hbond substituents is 1. The maximum atomic E-state index is 9.55. The van der Waals surface area contributed by atoms with E-state index in [9.17, 15) is 5.11 Å². The molecule has 0 saturated heterocycles. The van der Waals surface area contributed by atoms with Crippen LogP contribution in [0.25, 0.3) is 0 Å². The van der Waals surface area contributed by atoms with Crippen molar-refractivity contribution in [2.75, 3.05) is 14.2 Å². The molecule has 0 aromatic heterocycles. The quantitative estimate of drug-likeness (QED) is 0.628. The van der Waals surface area contributed by atoms with Gasteiger partial charge in [-0.15, -0.1) is 0 Å². The predicted molar refractivity (Wildman–Crippen MR) is 49.8 cm³/mol. The molecular formula is C9H13NO4. The smallest absolute Gasteiger partial charge is 0.130 e. The summed E-state index contributed by atoms with van der Waals surface area (Å²) in [6, 6.07) is 3.08. The standard InChI is InChI=1S/C9H13NO4/c1-13-6-3-8(11)7(5-10-12)9(4-6)14-2/h3-4,10-12H,5H2,1-2H3. The largest absolute Gasteiger partial charge is 0.507 e. The van der Waals surface area contributed by atoms with E-state index in [0.717, 1.165) is 0 Å². The minimum Gasteiger partial charge on any atom is -0.507 e. The number of hydrogen-bond donors (Lipinski definition) is 3. The second kappa shape index (κ2) is 4.69. The second-order valence-electron chi connectivity index (χ2n) is 2.66. The van der Waals surface area contributed by atoms with E-state index in [-0.39, 0.29) is 12.3 Å². The Kier molecular flexibility index (Phi) is 3.55. The van der Waals surface area contributed by atoms with Crippen molar-refractivity contribution in [1.82, 2.24) is 5.48 Å². The van der Waals surface area contributed by atoms with Gasteiger partial charge in [0.2, 0.25) is 0 Å². The number of ether oxygens (including phenoxy) is 2. The van der Waals surface area contributed by atoms with E-state index in [0.29, 0.717) is 17.1 Å². The molecule has 0 saturated carbocycles. The number of phenols is 1. The molecule has 1 rings (SSSR count). The van der Waals surface area contributed by atoms with Crippen LogP contribution in [-0.2, 0) is 6.54 Å². The summed E-state index contributed by atoms with van der Waals surface area (Å²) in [5, 5.41) is 18.1. The molecule has 14 heavy (non-hydrogen) atoms. The molecule has 0 amide bonds. The SMILES string of the molecule is COc1cc(O)c(CNO)c(OC)c1. The van der Waals surface area contributed by atoms with Gasteiger partial charge < -0.3 is 19.8 Å². The first-order valence-electron chi connectivity index (χ1n) is 4.03. The normalized spacial score (nSPS) is 9.93. The van der Waals surface area contributed by atoms with Crippen LogP contribution in [0.5, 0.6) is 17.2 Å². The predicted octanol–water partition coefficient (Wildman–Crippen LogP) is 0.888. The Labute approximate surface area is 81.8 Å². The van der Waals surface area contributed by atoms with Crippen LogP contribution < -0.4 is 15.0 Å². The topological polar surface area (TPSA) is 71.0 Å². The second-order valence-corrected chi connectivity index (χ2v) is 2.66. The summed E-state index contributed by atoms with van der Waals surface area (Å²) < 4.78 is 9.98. The highest BCUT2D eigenvalue weighted by Crippen LogP contribution is 2.32. The Hall–Kier alpha value is -1.46. The Morgan fingerprint density at radius 2 is 2.00 bits per heavy atom. The zero-order valence-corrected chi connectivity index (χ0v) is 8.07. The van der Waals surface area contributed by atoms with E-state index >= 15 is 0 Å². The highest BCUT2D eigenvalue weighted by atomic mass is 16.5. The van der Waals surface area contributed by atoms with Gasteiger partial charge in [-0.2, -0.15) is 0 Å². The molecule has 0 aliphatic carbocycles. The first-order chi connectivity index (χ1) is 6.72. The average molecular weight is 199 g/mol. The van der Waals surface area contributed by atoms with Crippen LogP contribution in [0.3, 0.4) is 0 Å². The Balaban J connectivity index is 3.13. The van der Waals surface area contributed by atoms with Gasteiger partial charge in [0.15, 0.2) is 0 Å². The first-order valence-corrected chi connectivity index (χ1v) is 4.03. The van der Waals surface area contributed by atoms with E-state index in [1.54, 1.807) is 6.07 Å². The van der Waals surface area contributed by atoms with Gasteiger partial charge in [-0.3, -0.25) is 0 Å². The molecule has 78 valence electrons. The molecule has 0 fully saturated rings. The van der Waals surface area contributed by atoms with Gasteiger partial charge in [-0.1, -0.05) is 0 Å². The Morgan fingerprint density at radius 3 is 2.50 bits per heavy atom. The lowest BCUT2D eigenvalue weighted by Gasteiger charge is -2.11. The summed E-state index contributed by atoms with van der Waals surface area (Å²) in [6.45, 7) is 0.110. The zero-order valence-electron chi connectivity index (χ0n) is 8.07. The van der Waals surface area contributed by atoms with Crippen LogP contribution in [-0.4, -0.2) is 24.5 Å². The molecule has 0 unspecified atom stereocenters. The lowest BCUT2D eigenvalue weighted by Crippen LogP contribution is -2.08. The number of methoxy groups -OCH3 is 2. The molecule has 3 N–H and O–H groups in total. The van der Waals surface area contributed by atoms with Crippen molar-refractivity contribution in [1.29, 1.82) is 0 Å². The zero-order chi connectivity index (χ0) is 10.6. The molecule has 1 aromatic carbocycles. The van der Waals surface area contributed by atoms with E-state index in [1.165, 1.54) is 20.3 Å². The fourth-order valence-electron chi connectivity index (χ4n) is 1.16. The van der Waals surface area contributed by atoms with Crippen LogP contribution in [0.2, 0.25) is 0 Å². The average Bonchev–Trinajstić information content (AvgIpc) is 2.20. The van der Waals surface area contributed by atoms with Crippen LogP contribution in [0, 0.1) is 0 Å². The summed E-state index contributed by atoms with van der Waals surface area (Å²) in [5.41, 5.74) is 2.44. The number of aromatic hydroxyl groups is 1. The lowest BCUT2D eigenvalue weighted by atomic mass is 10.1. The van der Waals surface area contributed by atoms with E-state index in [2.05, 4.69) is 0 Å². The van der Waals surface area contributed by atoms with Crippen LogP contribution in [0.15, 0.2) is 12.1 Å². The number of rotatable bonds is 4. The van der Waals surface area contributed by atoms with Gasteiger partial charge in [0.1, 0.15) is 17.2 Å². The third-order valence-corrected chi connectivity index (χ3v) is 1.87. The molecule has 0 bridgehead atoms. The molecule has 0 aliphatic heterocycles. The fourth-order valence-corrected chi connectivity index (χ4v) is 1.16. The van der Waals surface area contributed by atoms with Gasteiger partial charge >= 0.3 is 0 Å². The minimum atomic E-state index is 0.0164. The molecule has 0 radical (unpaired) electrons. The number of hydrogen-bond acceptors (Lipinski definition) is 5. The lowest BCUT2D eigenvalue weighted by molar-refractivity contribution is 0.159. The maximum absolute atomic E-state index is 9.55. The Bertz CT molecular complexity index is 314. The maximum Gasteiger partial charge on any atom is 0.130 e. The van der Waals surface area contributed by atoms with Gasteiger partial charge in [0, 0.05) is 12.1 Å². The molecule has 5 heteroatoms. The Morgan fingerprint density at radius 1 is 1.29 bits per heavy atom. The highest BCUT2D eigenvalue weighted by Gasteiger charge is 2.10. The van der Waals surface area contributed by atoms with E-state index < -0.39 is 0 Å². The molecule has 0 atom stereocenters. The van der Waals surface area contributed by atoms with Crippen LogP contribution in [0.4, 0.5) is 0 Å². The monoisotopic (exact) mass is 199 g/mol. The highest BCUT2D eigenvalue weighted by molar-refractivity contribution is 5.49. The molecule has 1 aromatic rings. The number of hydroxylamine groups is 1. The van der Waals surface area contributed by atoms with Crippen molar-refractivity contribution in [2.24, 2.45) is 0 Å². The van der Waals surface area contributed by atoms with E-state index in [1.807, 2.05) is 5.48 Å². The van der Waals surface area contributed by atoms with Crippen molar-refractivity contribution >= 4 is 0 Å². The summed E-state index contributed by atoms with van der Waals surface area (Å²) in [6.07, 6.45) is 0. The molecule has 0 spiro atoms. The van der Waals surface area contributed by atoms with Gasteiger partial charge in [-0.25, -0.2) is 5.48 Å². The minimum absolute atomic E-state index is 0.0164. The molecule has 5 nitrogen and oxygen atoms in total. The van der Waals surface area contributed by atoms with Gasteiger partial charge in [0.25, 0.3) is 0 Å². The first kappa shape index (κ1) is 10.6. The van der Waals surface area contributed by atoms with Crippen molar-refractivity contribution in [3.8, 4) is 17.2 Å². The van der Waals surface area contributed by atoms with Crippen molar-refractivity contribution in [2.45, 2.75) is 6.54 Å². The van der Waals surface area contributed by atoms with Crippen LogP contribution in [0.1, 0.15) is 5.56 Å². The number of nitrogens with one attached hydrogen (secondary N) is 1. The van der Waals surface area contributed by atoms with Gasteiger partial charge in [0.05, 0.1) is 26.3 Å².